The van der Waals surface area contributed by atoms with Gasteiger partial charge in [0, 0.05) is 23.6 Å². The SMILES string of the molecule is Nc1cc(-c2cccnc2)ccc1C(F)(F)F. The Labute approximate surface area is 95.9 Å². The number of nitrogen functional groups attached to an aromatic ring is 1. The number of hydrogen-bond acceptors (Lipinski definition) is 2. The highest BCUT2D eigenvalue weighted by molar-refractivity contribution is 5.68. The van der Waals surface area contributed by atoms with Gasteiger partial charge >= 0.3 is 6.18 Å². The van der Waals surface area contributed by atoms with Crippen LogP contribution < -0.4 is 5.73 Å². The molecule has 0 fully saturated rings. The van der Waals surface area contributed by atoms with E-state index in [1.165, 1.54) is 12.1 Å². The van der Waals surface area contributed by atoms with Crippen molar-refractivity contribution in [1.82, 2.24) is 4.98 Å². The Bertz CT molecular complexity index is 521. The molecule has 0 spiro atoms. The topological polar surface area (TPSA) is 38.9 Å². The highest BCUT2D eigenvalue weighted by Crippen LogP contribution is 2.35. The van der Waals surface area contributed by atoms with Crippen LogP contribution in [0.4, 0.5) is 18.9 Å². The van der Waals surface area contributed by atoms with E-state index in [0.717, 1.165) is 11.6 Å². The summed E-state index contributed by atoms with van der Waals surface area (Å²) in [4.78, 5) is 3.90. The molecule has 2 rings (SSSR count). The second-order valence-electron chi connectivity index (χ2n) is 3.54. The molecule has 2 N–H and O–H groups in total. The highest BCUT2D eigenvalue weighted by Gasteiger charge is 2.32. The van der Waals surface area contributed by atoms with Crippen molar-refractivity contribution in [2.24, 2.45) is 0 Å². The maximum Gasteiger partial charge on any atom is 0.418 e. The fourth-order valence-electron chi connectivity index (χ4n) is 1.53. The molecule has 0 amide bonds. The average molecular weight is 238 g/mol. The number of anilines is 1. The smallest absolute Gasteiger partial charge is 0.398 e. The second kappa shape index (κ2) is 4.08. The minimum Gasteiger partial charge on any atom is -0.398 e. The van der Waals surface area contributed by atoms with Crippen LogP contribution in [0, 0.1) is 0 Å². The first kappa shape index (κ1) is 11.4. The van der Waals surface area contributed by atoms with E-state index in [1.807, 2.05) is 0 Å². The van der Waals surface area contributed by atoms with Crippen molar-refractivity contribution in [1.29, 1.82) is 0 Å². The van der Waals surface area contributed by atoms with Gasteiger partial charge in [0.15, 0.2) is 0 Å². The Kier molecular flexibility index (Phi) is 2.75. The van der Waals surface area contributed by atoms with Gasteiger partial charge in [-0.25, -0.2) is 0 Å². The quantitative estimate of drug-likeness (QED) is 0.774. The lowest BCUT2D eigenvalue weighted by Gasteiger charge is -2.11. The van der Waals surface area contributed by atoms with Crippen LogP contribution in [0.25, 0.3) is 11.1 Å². The Balaban J connectivity index is 2.45. The largest absolute Gasteiger partial charge is 0.418 e. The number of pyridine rings is 1. The van der Waals surface area contributed by atoms with Crippen LogP contribution in [-0.2, 0) is 6.18 Å². The van der Waals surface area contributed by atoms with Crippen LogP contribution in [0.15, 0.2) is 42.7 Å². The van der Waals surface area contributed by atoms with Crippen molar-refractivity contribution in [3.05, 3.63) is 48.3 Å². The summed E-state index contributed by atoms with van der Waals surface area (Å²) in [5.41, 5.74) is 5.65. The summed E-state index contributed by atoms with van der Waals surface area (Å²) < 4.78 is 37.5. The standard InChI is InChI=1S/C12H9F3N2/c13-12(14,15)10-4-3-8(6-11(10)16)9-2-1-5-17-7-9/h1-7H,16H2. The molecule has 1 aromatic heterocycles. The maximum absolute atomic E-state index is 12.5. The van der Waals surface area contributed by atoms with Crippen molar-refractivity contribution >= 4 is 5.69 Å². The first-order valence-electron chi connectivity index (χ1n) is 4.85. The van der Waals surface area contributed by atoms with Gasteiger partial charge in [-0.05, 0) is 23.8 Å². The molecule has 0 saturated carbocycles. The van der Waals surface area contributed by atoms with E-state index >= 15 is 0 Å². The summed E-state index contributed by atoms with van der Waals surface area (Å²) in [6.07, 6.45) is -1.25. The van der Waals surface area contributed by atoms with Gasteiger partial charge in [0.1, 0.15) is 0 Å². The summed E-state index contributed by atoms with van der Waals surface area (Å²) in [6, 6.07) is 7.14. The molecule has 0 atom stereocenters. The zero-order valence-electron chi connectivity index (χ0n) is 8.70. The van der Waals surface area contributed by atoms with Crippen molar-refractivity contribution < 1.29 is 13.2 Å². The summed E-state index contributed by atoms with van der Waals surface area (Å²) in [5, 5.41) is 0. The molecule has 5 heteroatoms. The van der Waals surface area contributed by atoms with Crippen LogP contribution in [0.3, 0.4) is 0 Å². The predicted octanol–water partition coefficient (Wildman–Crippen LogP) is 3.35. The van der Waals surface area contributed by atoms with Crippen LogP contribution in [0.5, 0.6) is 0 Å². The fraction of sp³-hybridized carbons (Fsp3) is 0.0833. The Morgan fingerprint density at radius 2 is 1.82 bits per heavy atom. The molecule has 0 aliphatic heterocycles. The highest BCUT2D eigenvalue weighted by atomic mass is 19.4. The summed E-state index contributed by atoms with van der Waals surface area (Å²) in [5.74, 6) is 0. The lowest BCUT2D eigenvalue weighted by molar-refractivity contribution is -0.136. The van der Waals surface area contributed by atoms with Crippen LogP contribution in [0.1, 0.15) is 5.56 Å². The predicted molar refractivity (Wildman–Crippen MR) is 59.1 cm³/mol. The van der Waals surface area contributed by atoms with Crippen molar-refractivity contribution in [2.75, 3.05) is 5.73 Å². The normalized spacial score (nSPS) is 11.5. The number of nitrogens with two attached hydrogens (primary N) is 1. The number of aromatic nitrogens is 1. The molecule has 0 saturated heterocycles. The monoisotopic (exact) mass is 238 g/mol. The Morgan fingerprint density at radius 1 is 1.06 bits per heavy atom. The molecular weight excluding hydrogens is 229 g/mol. The minimum absolute atomic E-state index is 0.279. The number of nitrogens with zero attached hydrogens (tertiary/aromatic N) is 1. The zero-order chi connectivity index (χ0) is 12.5. The van der Waals surface area contributed by atoms with Gasteiger partial charge < -0.3 is 5.73 Å². The summed E-state index contributed by atoms with van der Waals surface area (Å²) in [6.45, 7) is 0. The third kappa shape index (κ3) is 2.38. The number of halogens is 3. The first-order chi connectivity index (χ1) is 7.98. The minimum atomic E-state index is -4.42. The Hall–Kier alpha value is -2.04. The fourth-order valence-corrected chi connectivity index (χ4v) is 1.53. The van der Waals surface area contributed by atoms with E-state index in [4.69, 9.17) is 5.73 Å². The molecule has 88 valence electrons. The number of benzene rings is 1. The zero-order valence-corrected chi connectivity index (χ0v) is 8.70. The summed E-state index contributed by atoms with van der Waals surface area (Å²) >= 11 is 0. The molecule has 0 radical (unpaired) electrons. The number of alkyl halides is 3. The maximum atomic E-state index is 12.5. The third-order valence-corrected chi connectivity index (χ3v) is 2.35. The Morgan fingerprint density at radius 3 is 2.35 bits per heavy atom. The molecule has 1 heterocycles. The van der Waals surface area contributed by atoms with Gasteiger partial charge in [0.2, 0.25) is 0 Å². The van der Waals surface area contributed by atoms with Crippen molar-refractivity contribution in [2.45, 2.75) is 6.18 Å². The molecule has 0 bridgehead atoms. The van der Waals surface area contributed by atoms with Gasteiger partial charge in [-0.2, -0.15) is 13.2 Å². The molecule has 0 aliphatic carbocycles. The molecule has 2 aromatic rings. The van der Waals surface area contributed by atoms with Gasteiger partial charge in [-0.3, -0.25) is 4.98 Å². The van der Waals surface area contributed by atoms with E-state index in [-0.39, 0.29) is 5.69 Å². The van der Waals surface area contributed by atoms with Crippen molar-refractivity contribution in [3.63, 3.8) is 0 Å². The lowest BCUT2D eigenvalue weighted by atomic mass is 10.0. The lowest BCUT2D eigenvalue weighted by Crippen LogP contribution is -2.08. The average Bonchev–Trinajstić information content (AvgIpc) is 2.28. The molecule has 0 unspecified atom stereocenters. The van der Waals surface area contributed by atoms with E-state index in [9.17, 15) is 13.2 Å². The number of hydrogen-bond donors (Lipinski definition) is 1. The van der Waals surface area contributed by atoms with E-state index in [2.05, 4.69) is 4.98 Å². The van der Waals surface area contributed by atoms with Crippen LogP contribution in [-0.4, -0.2) is 4.98 Å². The van der Waals surface area contributed by atoms with Crippen LogP contribution >= 0.6 is 0 Å². The third-order valence-electron chi connectivity index (χ3n) is 2.35. The van der Waals surface area contributed by atoms with Gasteiger partial charge in [-0.15, -0.1) is 0 Å². The van der Waals surface area contributed by atoms with E-state index in [0.29, 0.717) is 5.56 Å². The van der Waals surface area contributed by atoms with Crippen LogP contribution in [0.2, 0.25) is 0 Å². The van der Waals surface area contributed by atoms with Gasteiger partial charge in [0.05, 0.1) is 5.56 Å². The molecule has 0 aliphatic rings. The second-order valence-corrected chi connectivity index (χ2v) is 3.54. The van der Waals surface area contributed by atoms with Gasteiger partial charge in [0.25, 0.3) is 0 Å². The molecule has 2 nitrogen and oxygen atoms in total. The molecule has 1 aromatic carbocycles. The molecular formula is C12H9F3N2. The van der Waals surface area contributed by atoms with E-state index in [1.54, 1.807) is 24.5 Å². The van der Waals surface area contributed by atoms with Crippen molar-refractivity contribution in [3.8, 4) is 11.1 Å². The first-order valence-corrected chi connectivity index (χ1v) is 4.85. The molecule has 17 heavy (non-hydrogen) atoms. The van der Waals surface area contributed by atoms with E-state index < -0.39 is 11.7 Å². The number of rotatable bonds is 1. The van der Waals surface area contributed by atoms with Gasteiger partial charge in [-0.1, -0.05) is 12.1 Å². The summed E-state index contributed by atoms with van der Waals surface area (Å²) in [7, 11) is 0.